The first-order valence-electron chi connectivity index (χ1n) is 7.01. The summed E-state index contributed by atoms with van der Waals surface area (Å²) in [5.74, 6) is 1.76. The number of hydrogen-bond donors (Lipinski definition) is 1. The van der Waals surface area contributed by atoms with Crippen molar-refractivity contribution in [2.45, 2.75) is 37.6 Å². The summed E-state index contributed by atoms with van der Waals surface area (Å²) in [6.45, 7) is 2.64. The van der Waals surface area contributed by atoms with Crippen molar-refractivity contribution < 1.29 is 4.74 Å². The maximum absolute atomic E-state index is 6.15. The summed E-state index contributed by atoms with van der Waals surface area (Å²) in [6, 6.07) is 4.03. The van der Waals surface area contributed by atoms with Crippen molar-refractivity contribution in [3.8, 4) is 5.75 Å². The Balaban J connectivity index is 1.58. The van der Waals surface area contributed by atoms with Crippen molar-refractivity contribution in [2.75, 3.05) is 13.2 Å². The molecule has 0 spiro atoms. The average Bonchev–Trinajstić information content (AvgIpc) is 2.98. The molecule has 4 heteroatoms. The van der Waals surface area contributed by atoms with Crippen LogP contribution in [0.5, 0.6) is 5.75 Å². The Labute approximate surface area is 124 Å². The molecule has 3 rings (SSSR count). The van der Waals surface area contributed by atoms with E-state index in [1.807, 2.05) is 12.1 Å². The second kappa shape index (κ2) is 5.90. The van der Waals surface area contributed by atoms with Gasteiger partial charge in [0.1, 0.15) is 5.75 Å². The SMILES string of the molecule is Clc1cc2c(c(CNCC3CCC(Cl)C3)c1)OCC2. The van der Waals surface area contributed by atoms with Gasteiger partial charge in [0, 0.05) is 28.9 Å². The second-order valence-corrected chi connectivity index (χ2v) is 6.61. The van der Waals surface area contributed by atoms with Crippen LogP contribution in [-0.2, 0) is 13.0 Å². The summed E-state index contributed by atoms with van der Waals surface area (Å²) in [5, 5.41) is 4.71. The van der Waals surface area contributed by atoms with Crippen LogP contribution in [0.4, 0.5) is 0 Å². The summed E-state index contributed by atoms with van der Waals surface area (Å²) in [4.78, 5) is 0. The van der Waals surface area contributed by atoms with Crippen LogP contribution in [0.3, 0.4) is 0 Å². The predicted molar refractivity (Wildman–Crippen MR) is 79.3 cm³/mol. The van der Waals surface area contributed by atoms with Gasteiger partial charge in [0.15, 0.2) is 0 Å². The minimum absolute atomic E-state index is 0.380. The third-order valence-electron chi connectivity index (χ3n) is 4.05. The van der Waals surface area contributed by atoms with Crippen LogP contribution in [0.15, 0.2) is 12.1 Å². The minimum atomic E-state index is 0.380. The fourth-order valence-corrected chi connectivity index (χ4v) is 3.73. The van der Waals surface area contributed by atoms with E-state index in [4.69, 9.17) is 27.9 Å². The monoisotopic (exact) mass is 299 g/mol. The molecular weight excluding hydrogens is 281 g/mol. The van der Waals surface area contributed by atoms with Crippen molar-refractivity contribution in [3.05, 3.63) is 28.3 Å². The van der Waals surface area contributed by atoms with Crippen molar-refractivity contribution in [1.82, 2.24) is 5.32 Å². The highest BCUT2D eigenvalue weighted by atomic mass is 35.5. The van der Waals surface area contributed by atoms with Gasteiger partial charge < -0.3 is 10.1 Å². The molecule has 2 aliphatic rings. The van der Waals surface area contributed by atoms with Gasteiger partial charge in [-0.15, -0.1) is 11.6 Å². The third kappa shape index (κ3) is 3.18. The van der Waals surface area contributed by atoms with E-state index < -0.39 is 0 Å². The Bertz CT molecular complexity index is 464. The molecule has 1 heterocycles. The molecule has 1 aliphatic carbocycles. The Kier molecular flexibility index (Phi) is 4.21. The Hall–Kier alpha value is -0.440. The molecule has 2 unspecified atom stereocenters. The van der Waals surface area contributed by atoms with Crippen LogP contribution >= 0.6 is 23.2 Å². The van der Waals surface area contributed by atoms with Crippen LogP contribution in [0.1, 0.15) is 30.4 Å². The summed E-state index contributed by atoms with van der Waals surface area (Å²) in [7, 11) is 0. The molecule has 0 radical (unpaired) electrons. The third-order valence-corrected chi connectivity index (χ3v) is 4.67. The van der Waals surface area contributed by atoms with Crippen LogP contribution in [-0.4, -0.2) is 18.5 Å². The van der Waals surface area contributed by atoms with Crippen molar-refractivity contribution in [1.29, 1.82) is 0 Å². The molecule has 1 aromatic rings. The maximum atomic E-state index is 6.15. The molecule has 104 valence electrons. The second-order valence-electron chi connectivity index (χ2n) is 5.56. The molecule has 1 N–H and O–H groups in total. The van der Waals surface area contributed by atoms with Gasteiger partial charge in [-0.3, -0.25) is 0 Å². The average molecular weight is 300 g/mol. The Morgan fingerprint density at radius 1 is 1.32 bits per heavy atom. The van der Waals surface area contributed by atoms with Crippen LogP contribution < -0.4 is 10.1 Å². The van der Waals surface area contributed by atoms with E-state index in [1.54, 1.807) is 0 Å². The number of hydrogen-bond acceptors (Lipinski definition) is 2. The molecule has 1 aromatic carbocycles. The van der Waals surface area contributed by atoms with E-state index in [-0.39, 0.29) is 0 Å². The van der Waals surface area contributed by atoms with Gasteiger partial charge >= 0.3 is 0 Å². The predicted octanol–water partition coefficient (Wildman–Crippen LogP) is 3.77. The normalized spacial score (nSPS) is 25.4. The number of halogens is 2. The lowest BCUT2D eigenvalue weighted by Crippen LogP contribution is -2.21. The summed E-state index contributed by atoms with van der Waals surface area (Å²) in [6.07, 6.45) is 4.51. The maximum Gasteiger partial charge on any atom is 0.127 e. The summed E-state index contributed by atoms with van der Waals surface area (Å²) >= 11 is 12.3. The number of rotatable bonds is 4. The fraction of sp³-hybridized carbons (Fsp3) is 0.600. The van der Waals surface area contributed by atoms with Gasteiger partial charge in [-0.2, -0.15) is 0 Å². The molecule has 2 nitrogen and oxygen atoms in total. The first kappa shape index (κ1) is 13.5. The van der Waals surface area contributed by atoms with E-state index in [1.165, 1.54) is 17.5 Å². The van der Waals surface area contributed by atoms with E-state index in [0.29, 0.717) is 5.38 Å². The molecule has 19 heavy (non-hydrogen) atoms. The molecule has 0 bridgehead atoms. The van der Waals surface area contributed by atoms with Crippen molar-refractivity contribution in [2.24, 2.45) is 5.92 Å². The molecule has 1 saturated carbocycles. The number of alkyl halides is 1. The minimum Gasteiger partial charge on any atom is -0.493 e. The molecule has 1 aliphatic heterocycles. The highest BCUT2D eigenvalue weighted by Crippen LogP contribution is 2.33. The number of nitrogens with one attached hydrogen (secondary N) is 1. The number of fused-ring (bicyclic) bond motifs is 1. The van der Waals surface area contributed by atoms with Gasteiger partial charge in [0.25, 0.3) is 0 Å². The van der Waals surface area contributed by atoms with Crippen LogP contribution in [0.25, 0.3) is 0 Å². The highest BCUT2D eigenvalue weighted by Gasteiger charge is 2.23. The zero-order chi connectivity index (χ0) is 13.2. The Morgan fingerprint density at radius 2 is 2.21 bits per heavy atom. The van der Waals surface area contributed by atoms with Crippen LogP contribution in [0.2, 0.25) is 5.02 Å². The quantitative estimate of drug-likeness (QED) is 0.855. The lowest BCUT2D eigenvalue weighted by Gasteiger charge is -2.13. The largest absolute Gasteiger partial charge is 0.493 e. The van der Waals surface area contributed by atoms with Gasteiger partial charge in [-0.25, -0.2) is 0 Å². The molecule has 0 saturated heterocycles. The van der Waals surface area contributed by atoms with E-state index >= 15 is 0 Å². The molecule has 1 fully saturated rings. The van der Waals surface area contributed by atoms with E-state index in [2.05, 4.69) is 5.32 Å². The Morgan fingerprint density at radius 3 is 3.00 bits per heavy atom. The standard InChI is InChI=1S/C15H19Cl2NO/c16-13-2-1-10(5-13)8-18-9-12-7-14(17)6-11-3-4-19-15(11)12/h6-7,10,13,18H,1-5,8-9H2. The van der Waals surface area contributed by atoms with E-state index in [9.17, 15) is 0 Å². The fourth-order valence-electron chi connectivity index (χ4n) is 3.09. The zero-order valence-electron chi connectivity index (χ0n) is 10.9. The number of benzene rings is 1. The van der Waals surface area contributed by atoms with Crippen molar-refractivity contribution in [3.63, 3.8) is 0 Å². The van der Waals surface area contributed by atoms with Crippen LogP contribution in [0, 0.1) is 5.92 Å². The lowest BCUT2D eigenvalue weighted by atomic mass is 10.1. The molecule has 0 amide bonds. The van der Waals surface area contributed by atoms with Gasteiger partial charge in [0.2, 0.25) is 0 Å². The molecular formula is C15H19Cl2NO. The first-order chi connectivity index (χ1) is 9.22. The lowest BCUT2D eigenvalue weighted by molar-refractivity contribution is 0.351. The molecule has 0 aromatic heterocycles. The highest BCUT2D eigenvalue weighted by molar-refractivity contribution is 6.30. The summed E-state index contributed by atoms with van der Waals surface area (Å²) in [5.41, 5.74) is 2.42. The first-order valence-corrected chi connectivity index (χ1v) is 7.82. The van der Waals surface area contributed by atoms with E-state index in [0.717, 1.165) is 55.6 Å². The zero-order valence-corrected chi connectivity index (χ0v) is 12.4. The van der Waals surface area contributed by atoms with Gasteiger partial charge in [0.05, 0.1) is 6.61 Å². The van der Waals surface area contributed by atoms with Crippen molar-refractivity contribution >= 4 is 23.2 Å². The smallest absolute Gasteiger partial charge is 0.127 e. The molecule has 2 atom stereocenters. The number of ether oxygens (including phenoxy) is 1. The topological polar surface area (TPSA) is 21.3 Å². The summed E-state index contributed by atoms with van der Waals surface area (Å²) < 4.78 is 5.70. The van der Waals surface area contributed by atoms with Gasteiger partial charge in [-0.1, -0.05) is 11.6 Å². The van der Waals surface area contributed by atoms with Gasteiger partial charge in [-0.05, 0) is 49.4 Å².